The molecular weight excluding hydrogens is 229 g/mol. The molecule has 1 saturated heterocycles. The number of halogens is 1. The molecule has 2 atom stereocenters. The summed E-state index contributed by atoms with van der Waals surface area (Å²) in [5.74, 6) is 0.320. The lowest BCUT2D eigenvalue weighted by Gasteiger charge is -2.37. The average molecular weight is 251 g/mol. The second-order valence-corrected chi connectivity index (χ2v) is 5.06. The van der Waals surface area contributed by atoms with E-state index in [9.17, 15) is 4.39 Å². The van der Waals surface area contributed by atoms with E-state index in [1.54, 1.807) is 6.07 Å². The van der Waals surface area contributed by atoms with Gasteiger partial charge in [-0.05, 0) is 50.4 Å². The van der Waals surface area contributed by atoms with Crippen LogP contribution < -0.4 is 5.73 Å². The van der Waals surface area contributed by atoms with Gasteiger partial charge in [0.1, 0.15) is 5.82 Å². The van der Waals surface area contributed by atoms with Crippen molar-refractivity contribution in [3.63, 3.8) is 0 Å². The van der Waals surface area contributed by atoms with Crippen LogP contribution in [0.25, 0.3) is 0 Å². The number of hydrogen-bond acceptors (Lipinski definition) is 3. The first-order chi connectivity index (χ1) is 8.74. The minimum atomic E-state index is -0.271. The Kier molecular flexibility index (Phi) is 4.66. The van der Waals surface area contributed by atoms with Gasteiger partial charge in [0.2, 0.25) is 0 Å². The summed E-state index contributed by atoms with van der Waals surface area (Å²) in [6.07, 6.45) is 4.72. The fraction of sp³-hybridized carbons (Fsp3) is 0.643. The van der Waals surface area contributed by atoms with E-state index in [-0.39, 0.29) is 5.82 Å². The van der Waals surface area contributed by atoms with Gasteiger partial charge in [0.15, 0.2) is 0 Å². The first-order valence-electron chi connectivity index (χ1n) is 6.80. The van der Waals surface area contributed by atoms with Crippen molar-refractivity contribution >= 4 is 0 Å². The number of aromatic nitrogens is 1. The van der Waals surface area contributed by atoms with Crippen LogP contribution in [-0.2, 0) is 0 Å². The smallest absolute Gasteiger partial charge is 0.141 e. The molecule has 1 aliphatic rings. The molecule has 2 heterocycles. The Balaban J connectivity index is 2.10. The van der Waals surface area contributed by atoms with Gasteiger partial charge in [-0.1, -0.05) is 6.92 Å². The topological polar surface area (TPSA) is 42.2 Å². The molecule has 1 aliphatic heterocycles. The summed E-state index contributed by atoms with van der Waals surface area (Å²) in [6.45, 7) is 5.04. The van der Waals surface area contributed by atoms with Gasteiger partial charge in [0, 0.05) is 6.54 Å². The summed E-state index contributed by atoms with van der Waals surface area (Å²) in [6, 6.07) is 3.59. The van der Waals surface area contributed by atoms with Gasteiger partial charge in [-0.3, -0.25) is 9.88 Å². The maximum Gasteiger partial charge on any atom is 0.141 e. The maximum atomic E-state index is 12.9. The first kappa shape index (κ1) is 13.4. The molecule has 100 valence electrons. The van der Waals surface area contributed by atoms with Gasteiger partial charge in [0.25, 0.3) is 0 Å². The maximum absolute atomic E-state index is 12.9. The molecule has 0 aromatic carbocycles. The van der Waals surface area contributed by atoms with Gasteiger partial charge < -0.3 is 5.73 Å². The molecular formula is C14H22FN3. The largest absolute Gasteiger partial charge is 0.330 e. The molecule has 0 saturated carbocycles. The number of likely N-dealkylation sites (tertiary alicyclic amines) is 1. The Morgan fingerprint density at radius 3 is 3.00 bits per heavy atom. The lowest BCUT2D eigenvalue weighted by molar-refractivity contribution is 0.120. The van der Waals surface area contributed by atoms with Crippen molar-refractivity contribution in [2.45, 2.75) is 32.2 Å². The third-order valence-corrected chi connectivity index (χ3v) is 3.80. The lowest BCUT2D eigenvalue weighted by Crippen LogP contribution is -2.40. The van der Waals surface area contributed by atoms with Gasteiger partial charge in [-0.2, -0.15) is 0 Å². The van der Waals surface area contributed by atoms with E-state index in [0.29, 0.717) is 12.0 Å². The van der Waals surface area contributed by atoms with Crippen LogP contribution in [0.15, 0.2) is 18.3 Å². The molecule has 0 bridgehead atoms. The Morgan fingerprint density at radius 2 is 2.39 bits per heavy atom. The molecule has 0 aliphatic carbocycles. The molecule has 0 radical (unpaired) electrons. The first-order valence-corrected chi connectivity index (χ1v) is 6.80. The zero-order valence-corrected chi connectivity index (χ0v) is 11.0. The molecule has 1 fully saturated rings. The average Bonchev–Trinajstić information content (AvgIpc) is 2.42. The summed E-state index contributed by atoms with van der Waals surface area (Å²) < 4.78 is 12.9. The van der Waals surface area contributed by atoms with Crippen molar-refractivity contribution in [1.29, 1.82) is 0 Å². The number of piperidine rings is 1. The van der Waals surface area contributed by atoms with Crippen molar-refractivity contribution in [2.24, 2.45) is 11.7 Å². The van der Waals surface area contributed by atoms with E-state index in [4.69, 9.17) is 5.73 Å². The van der Waals surface area contributed by atoms with Crippen LogP contribution in [0.5, 0.6) is 0 Å². The quantitative estimate of drug-likeness (QED) is 0.893. The van der Waals surface area contributed by atoms with E-state index in [1.165, 1.54) is 25.1 Å². The molecule has 4 heteroatoms. The highest BCUT2D eigenvalue weighted by molar-refractivity contribution is 5.10. The van der Waals surface area contributed by atoms with Gasteiger partial charge in [-0.15, -0.1) is 0 Å². The van der Waals surface area contributed by atoms with Crippen LogP contribution in [0.1, 0.15) is 37.9 Å². The summed E-state index contributed by atoms with van der Waals surface area (Å²) >= 11 is 0. The molecule has 0 spiro atoms. The Morgan fingerprint density at radius 1 is 1.56 bits per heavy atom. The number of hydrogen-bond donors (Lipinski definition) is 1. The molecule has 1 aromatic rings. The Bertz CT molecular complexity index is 366. The van der Waals surface area contributed by atoms with Gasteiger partial charge in [0.05, 0.1) is 17.9 Å². The van der Waals surface area contributed by atoms with Gasteiger partial charge >= 0.3 is 0 Å². The zero-order chi connectivity index (χ0) is 13.0. The van der Waals surface area contributed by atoms with E-state index >= 15 is 0 Å². The van der Waals surface area contributed by atoms with E-state index < -0.39 is 0 Å². The van der Waals surface area contributed by atoms with E-state index in [2.05, 4.69) is 16.8 Å². The fourth-order valence-electron chi connectivity index (χ4n) is 2.81. The van der Waals surface area contributed by atoms with Crippen LogP contribution in [0, 0.1) is 11.7 Å². The van der Waals surface area contributed by atoms with Crippen LogP contribution in [0.4, 0.5) is 4.39 Å². The standard InChI is InChI=1S/C14H22FN3/c1-2-14(13-6-5-12(15)9-17-13)18-7-3-4-11(8-16)10-18/h5-6,9,11,14H,2-4,7-8,10,16H2,1H3. The highest BCUT2D eigenvalue weighted by Gasteiger charge is 2.25. The minimum absolute atomic E-state index is 0.271. The monoisotopic (exact) mass is 251 g/mol. The molecule has 2 rings (SSSR count). The van der Waals surface area contributed by atoms with Crippen molar-refractivity contribution in [1.82, 2.24) is 9.88 Å². The molecule has 0 amide bonds. The Labute approximate surface area is 108 Å². The third-order valence-electron chi connectivity index (χ3n) is 3.80. The van der Waals surface area contributed by atoms with Crippen molar-refractivity contribution in [3.8, 4) is 0 Å². The molecule has 2 unspecified atom stereocenters. The van der Waals surface area contributed by atoms with Crippen molar-refractivity contribution < 1.29 is 4.39 Å². The van der Waals surface area contributed by atoms with Gasteiger partial charge in [-0.25, -0.2) is 4.39 Å². The molecule has 3 nitrogen and oxygen atoms in total. The van der Waals surface area contributed by atoms with Crippen molar-refractivity contribution in [3.05, 3.63) is 29.8 Å². The zero-order valence-electron chi connectivity index (χ0n) is 11.0. The summed E-state index contributed by atoms with van der Waals surface area (Å²) in [5.41, 5.74) is 6.74. The van der Waals surface area contributed by atoms with Crippen LogP contribution in [0.2, 0.25) is 0 Å². The molecule has 1 aromatic heterocycles. The molecule has 2 N–H and O–H groups in total. The summed E-state index contributed by atoms with van der Waals surface area (Å²) in [7, 11) is 0. The highest BCUT2D eigenvalue weighted by Crippen LogP contribution is 2.27. The van der Waals surface area contributed by atoms with E-state index in [0.717, 1.165) is 31.7 Å². The summed E-state index contributed by atoms with van der Waals surface area (Å²) in [5, 5.41) is 0. The van der Waals surface area contributed by atoms with Crippen molar-refractivity contribution in [2.75, 3.05) is 19.6 Å². The highest BCUT2D eigenvalue weighted by atomic mass is 19.1. The number of rotatable bonds is 4. The van der Waals surface area contributed by atoms with Crippen LogP contribution in [0.3, 0.4) is 0 Å². The number of nitrogens with two attached hydrogens (primary N) is 1. The third kappa shape index (κ3) is 3.06. The van der Waals surface area contributed by atoms with Crippen LogP contribution >= 0.6 is 0 Å². The predicted molar refractivity (Wildman–Crippen MR) is 70.6 cm³/mol. The predicted octanol–water partition coefficient (Wildman–Crippen LogP) is 2.34. The fourth-order valence-corrected chi connectivity index (χ4v) is 2.81. The Hall–Kier alpha value is -1.00. The minimum Gasteiger partial charge on any atom is -0.330 e. The SMILES string of the molecule is CCC(c1ccc(F)cn1)N1CCCC(CN)C1. The summed E-state index contributed by atoms with van der Waals surface area (Å²) in [4.78, 5) is 6.67. The molecule has 18 heavy (non-hydrogen) atoms. The van der Waals surface area contributed by atoms with E-state index in [1.807, 2.05) is 0 Å². The second-order valence-electron chi connectivity index (χ2n) is 5.06. The normalized spacial score (nSPS) is 22.9. The number of nitrogens with zero attached hydrogens (tertiary/aromatic N) is 2. The second kappa shape index (κ2) is 6.25. The number of pyridine rings is 1. The lowest BCUT2D eigenvalue weighted by atomic mass is 9.95. The van der Waals surface area contributed by atoms with Crippen LogP contribution in [-0.4, -0.2) is 29.5 Å².